The van der Waals surface area contributed by atoms with Gasteiger partial charge < -0.3 is 14.7 Å². The van der Waals surface area contributed by atoms with Crippen LogP contribution in [0.4, 0.5) is 0 Å². The molecule has 0 fully saturated rings. The van der Waals surface area contributed by atoms with E-state index in [4.69, 9.17) is 16.3 Å². The Morgan fingerprint density at radius 2 is 1.90 bits per heavy atom. The summed E-state index contributed by atoms with van der Waals surface area (Å²) >= 11 is 5.83. The van der Waals surface area contributed by atoms with Gasteiger partial charge in [-0.05, 0) is 29.8 Å². The van der Waals surface area contributed by atoms with E-state index in [9.17, 15) is 9.90 Å². The maximum absolute atomic E-state index is 12.4. The summed E-state index contributed by atoms with van der Waals surface area (Å²) in [6.45, 7) is 0.423. The van der Waals surface area contributed by atoms with E-state index in [0.29, 0.717) is 11.6 Å². The summed E-state index contributed by atoms with van der Waals surface area (Å²) in [6, 6.07) is 12.1. The Bertz CT molecular complexity index is 640. The van der Waals surface area contributed by atoms with E-state index in [1.165, 1.54) is 12.0 Å². The van der Waals surface area contributed by atoms with Crippen molar-refractivity contribution in [1.29, 1.82) is 0 Å². The number of methoxy groups -OCH3 is 1. The Hall–Kier alpha value is -2.20. The van der Waals surface area contributed by atoms with Crippen LogP contribution in [0, 0.1) is 0 Å². The molecule has 2 aromatic rings. The van der Waals surface area contributed by atoms with Crippen molar-refractivity contribution in [1.82, 2.24) is 4.90 Å². The largest absolute Gasteiger partial charge is 0.504 e. The van der Waals surface area contributed by atoms with E-state index in [1.807, 2.05) is 12.1 Å². The summed E-state index contributed by atoms with van der Waals surface area (Å²) in [5.74, 6) is -0.143. The fourth-order valence-corrected chi connectivity index (χ4v) is 2.13. The van der Waals surface area contributed by atoms with E-state index < -0.39 is 0 Å². The molecule has 2 aromatic carbocycles. The number of aromatic hydroxyl groups is 1. The smallest absolute Gasteiger partial charge is 0.257 e. The molecule has 0 saturated carbocycles. The number of rotatable bonds is 4. The molecule has 110 valence electrons. The topological polar surface area (TPSA) is 49.8 Å². The number of ether oxygens (including phenoxy) is 1. The normalized spacial score (nSPS) is 10.2. The van der Waals surface area contributed by atoms with Crippen molar-refractivity contribution in [2.45, 2.75) is 6.54 Å². The number of para-hydroxylation sites is 1. The molecule has 1 N–H and O–H groups in total. The molecule has 0 aromatic heterocycles. The summed E-state index contributed by atoms with van der Waals surface area (Å²) in [5, 5.41) is 10.7. The summed E-state index contributed by atoms with van der Waals surface area (Å²) in [5.41, 5.74) is 1.17. The second kappa shape index (κ2) is 6.50. The number of hydrogen-bond donors (Lipinski definition) is 1. The number of halogens is 1. The Morgan fingerprint density at radius 1 is 1.24 bits per heavy atom. The number of phenolic OH excluding ortho intramolecular Hbond substituents is 1. The highest BCUT2D eigenvalue weighted by Crippen LogP contribution is 2.30. The van der Waals surface area contributed by atoms with Crippen LogP contribution in [-0.4, -0.2) is 30.1 Å². The lowest BCUT2D eigenvalue weighted by Gasteiger charge is -2.18. The molecular formula is C16H16ClNO3. The molecule has 0 bridgehead atoms. The van der Waals surface area contributed by atoms with Crippen LogP contribution >= 0.6 is 11.6 Å². The third-order valence-corrected chi connectivity index (χ3v) is 3.38. The number of phenols is 1. The van der Waals surface area contributed by atoms with Crippen molar-refractivity contribution in [3.8, 4) is 11.5 Å². The van der Waals surface area contributed by atoms with Crippen LogP contribution in [0.1, 0.15) is 15.9 Å². The molecule has 0 atom stereocenters. The van der Waals surface area contributed by atoms with Gasteiger partial charge in [0.1, 0.15) is 0 Å². The Kier molecular flexibility index (Phi) is 4.70. The minimum absolute atomic E-state index is 0.145. The molecular weight excluding hydrogens is 290 g/mol. The fourth-order valence-electron chi connectivity index (χ4n) is 2.00. The minimum atomic E-state index is -0.277. The molecule has 0 saturated heterocycles. The zero-order chi connectivity index (χ0) is 15.4. The number of benzene rings is 2. The molecule has 0 aliphatic rings. The van der Waals surface area contributed by atoms with Gasteiger partial charge in [0.25, 0.3) is 5.91 Å². The van der Waals surface area contributed by atoms with Crippen LogP contribution in [0.3, 0.4) is 0 Å². The van der Waals surface area contributed by atoms with E-state index in [2.05, 4.69) is 0 Å². The van der Waals surface area contributed by atoms with Gasteiger partial charge in [0.15, 0.2) is 11.5 Å². The van der Waals surface area contributed by atoms with Gasteiger partial charge in [0.05, 0.1) is 12.7 Å². The van der Waals surface area contributed by atoms with E-state index >= 15 is 0 Å². The third-order valence-electron chi connectivity index (χ3n) is 3.13. The standard InChI is InChI=1S/C16H16ClNO3/c1-18(10-11-6-8-12(17)9-7-11)16(20)13-4-3-5-14(21-2)15(13)19/h3-9,19H,10H2,1-2H3. The first-order valence-corrected chi connectivity index (χ1v) is 6.76. The summed E-state index contributed by atoms with van der Waals surface area (Å²) in [6.07, 6.45) is 0. The first-order chi connectivity index (χ1) is 10.0. The predicted octanol–water partition coefficient (Wildman–Crippen LogP) is 3.33. The molecule has 4 nitrogen and oxygen atoms in total. The molecule has 0 aliphatic heterocycles. The van der Waals surface area contributed by atoms with Crippen LogP contribution in [0.25, 0.3) is 0 Å². The molecule has 21 heavy (non-hydrogen) atoms. The molecule has 0 heterocycles. The molecule has 1 amide bonds. The predicted molar refractivity (Wildman–Crippen MR) is 81.9 cm³/mol. The van der Waals surface area contributed by atoms with Crippen molar-refractivity contribution >= 4 is 17.5 Å². The highest BCUT2D eigenvalue weighted by Gasteiger charge is 2.18. The lowest BCUT2D eigenvalue weighted by Crippen LogP contribution is -2.26. The van der Waals surface area contributed by atoms with Crippen LogP contribution in [0.15, 0.2) is 42.5 Å². The van der Waals surface area contributed by atoms with Gasteiger partial charge in [-0.15, -0.1) is 0 Å². The number of carbonyl (C=O) groups excluding carboxylic acids is 1. The third kappa shape index (κ3) is 3.47. The summed E-state index contributed by atoms with van der Waals surface area (Å²) < 4.78 is 5.01. The van der Waals surface area contributed by atoms with Crippen molar-refractivity contribution in [3.63, 3.8) is 0 Å². The SMILES string of the molecule is COc1cccc(C(=O)N(C)Cc2ccc(Cl)cc2)c1O. The van der Waals surface area contributed by atoms with Crippen LogP contribution in [0.5, 0.6) is 11.5 Å². The lowest BCUT2D eigenvalue weighted by molar-refractivity contribution is 0.0781. The molecule has 0 spiro atoms. The van der Waals surface area contributed by atoms with Crippen molar-refractivity contribution < 1.29 is 14.6 Å². The minimum Gasteiger partial charge on any atom is -0.504 e. The zero-order valence-corrected chi connectivity index (χ0v) is 12.6. The van der Waals surface area contributed by atoms with Crippen molar-refractivity contribution in [3.05, 3.63) is 58.6 Å². The zero-order valence-electron chi connectivity index (χ0n) is 11.8. The van der Waals surface area contributed by atoms with Gasteiger partial charge in [0, 0.05) is 18.6 Å². The fraction of sp³-hybridized carbons (Fsp3) is 0.188. The van der Waals surface area contributed by atoms with E-state index in [1.54, 1.807) is 37.4 Å². The quantitative estimate of drug-likeness (QED) is 0.942. The first-order valence-electron chi connectivity index (χ1n) is 6.39. The average Bonchev–Trinajstić information content (AvgIpc) is 2.49. The van der Waals surface area contributed by atoms with Gasteiger partial charge in [-0.1, -0.05) is 29.8 Å². The molecule has 0 unspecified atom stereocenters. The Labute approximate surface area is 128 Å². The number of carbonyl (C=O) groups is 1. The first kappa shape index (κ1) is 15.2. The van der Waals surface area contributed by atoms with Crippen LogP contribution in [-0.2, 0) is 6.54 Å². The highest BCUT2D eigenvalue weighted by molar-refractivity contribution is 6.30. The van der Waals surface area contributed by atoms with Gasteiger partial charge in [-0.25, -0.2) is 0 Å². The second-order valence-corrected chi connectivity index (χ2v) is 5.08. The molecule has 0 aliphatic carbocycles. The highest BCUT2D eigenvalue weighted by atomic mass is 35.5. The number of nitrogens with zero attached hydrogens (tertiary/aromatic N) is 1. The second-order valence-electron chi connectivity index (χ2n) is 4.64. The Morgan fingerprint density at radius 3 is 2.52 bits per heavy atom. The van der Waals surface area contributed by atoms with E-state index in [0.717, 1.165) is 5.56 Å². The van der Waals surface area contributed by atoms with Gasteiger partial charge in [-0.3, -0.25) is 4.79 Å². The maximum atomic E-state index is 12.4. The monoisotopic (exact) mass is 305 g/mol. The molecule has 2 rings (SSSR count). The lowest BCUT2D eigenvalue weighted by atomic mass is 10.1. The van der Waals surface area contributed by atoms with Gasteiger partial charge in [-0.2, -0.15) is 0 Å². The summed E-state index contributed by atoms with van der Waals surface area (Å²) in [7, 11) is 3.12. The Balaban J connectivity index is 2.17. The van der Waals surface area contributed by atoms with Gasteiger partial charge in [0.2, 0.25) is 0 Å². The summed E-state index contributed by atoms with van der Waals surface area (Å²) in [4.78, 5) is 13.9. The number of amides is 1. The van der Waals surface area contributed by atoms with Gasteiger partial charge >= 0.3 is 0 Å². The maximum Gasteiger partial charge on any atom is 0.257 e. The molecule has 0 radical (unpaired) electrons. The van der Waals surface area contributed by atoms with Crippen molar-refractivity contribution in [2.75, 3.05) is 14.2 Å². The average molecular weight is 306 g/mol. The van der Waals surface area contributed by atoms with Crippen LogP contribution in [0.2, 0.25) is 5.02 Å². The van der Waals surface area contributed by atoms with E-state index in [-0.39, 0.29) is 23.0 Å². The number of hydrogen-bond acceptors (Lipinski definition) is 3. The molecule has 5 heteroatoms. The van der Waals surface area contributed by atoms with Crippen molar-refractivity contribution in [2.24, 2.45) is 0 Å². The van der Waals surface area contributed by atoms with Crippen LogP contribution < -0.4 is 4.74 Å².